The Labute approximate surface area is 190 Å². The molecule has 8 heteroatoms. The normalized spacial score (nSPS) is 15.0. The van der Waals surface area contributed by atoms with E-state index in [9.17, 15) is 13.2 Å². The van der Waals surface area contributed by atoms with Gasteiger partial charge in [-0.1, -0.05) is 12.1 Å². The molecule has 0 aromatic heterocycles. The third-order valence-electron chi connectivity index (χ3n) is 5.24. The predicted octanol–water partition coefficient (Wildman–Crippen LogP) is 3.90. The number of ether oxygens (including phenoxy) is 2. The summed E-state index contributed by atoms with van der Waals surface area (Å²) < 4.78 is 39.1. The van der Waals surface area contributed by atoms with Gasteiger partial charge in [-0.05, 0) is 69.2 Å². The maximum Gasteiger partial charge on any atom is 0.241 e. The van der Waals surface area contributed by atoms with Gasteiger partial charge >= 0.3 is 0 Å². The van der Waals surface area contributed by atoms with Crippen molar-refractivity contribution >= 4 is 21.6 Å². The lowest BCUT2D eigenvalue weighted by Gasteiger charge is -2.32. The van der Waals surface area contributed by atoms with E-state index in [0.717, 1.165) is 16.9 Å². The van der Waals surface area contributed by atoms with Crippen molar-refractivity contribution in [3.63, 3.8) is 0 Å². The van der Waals surface area contributed by atoms with Crippen LogP contribution in [0.2, 0.25) is 0 Å². The highest BCUT2D eigenvalue weighted by Gasteiger charge is 2.27. The van der Waals surface area contributed by atoms with Crippen LogP contribution >= 0.6 is 0 Å². The van der Waals surface area contributed by atoms with Crippen molar-refractivity contribution in [3.8, 4) is 11.5 Å². The average molecular weight is 461 g/mol. The number of sulfonamides is 1. The van der Waals surface area contributed by atoms with E-state index in [1.54, 1.807) is 29.2 Å². The Morgan fingerprint density at radius 3 is 2.38 bits per heavy atom. The number of aryl methyl sites for hydroxylation is 2. The number of piperidine rings is 1. The Morgan fingerprint density at radius 1 is 1.09 bits per heavy atom. The van der Waals surface area contributed by atoms with Gasteiger partial charge in [-0.25, -0.2) is 8.42 Å². The maximum atomic E-state index is 12.6. The summed E-state index contributed by atoms with van der Waals surface area (Å²) in [7, 11) is -3.80. The van der Waals surface area contributed by atoms with Crippen LogP contribution in [0, 0.1) is 13.8 Å². The number of hydrogen-bond donors (Lipinski definition) is 1. The molecule has 2 aromatic rings. The van der Waals surface area contributed by atoms with Crippen molar-refractivity contribution in [2.45, 2.75) is 52.7 Å². The van der Waals surface area contributed by atoms with Crippen LogP contribution in [0.3, 0.4) is 0 Å². The van der Waals surface area contributed by atoms with Gasteiger partial charge in [0, 0.05) is 31.6 Å². The highest BCUT2D eigenvalue weighted by molar-refractivity contribution is 7.93. The molecule has 3 rings (SSSR count). The zero-order valence-corrected chi connectivity index (χ0v) is 19.9. The van der Waals surface area contributed by atoms with Gasteiger partial charge in [-0.3, -0.25) is 9.52 Å². The average Bonchev–Trinajstić information content (AvgIpc) is 2.72. The molecule has 0 radical (unpaired) electrons. The summed E-state index contributed by atoms with van der Waals surface area (Å²) in [4.78, 5) is 14.2. The third kappa shape index (κ3) is 6.88. The second-order valence-corrected chi connectivity index (χ2v) is 10.2. The fourth-order valence-electron chi connectivity index (χ4n) is 3.58. The van der Waals surface area contributed by atoms with Crippen molar-refractivity contribution in [1.29, 1.82) is 0 Å². The van der Waals surface area contributed by atoms with E-state index in [0.29, 0.717) is 37.4 Å². The lowest BCUT2D eigenvalue weighted by molar-refractivity contribution is -0.130. The van der Waals surface area contributed by atoms with Gasteiger partial charge in [-0.2, -0.15) is 0 Å². The van der Waals surface area contributed by atoms with Crippen LogP contribution in [0.1, 0.15) is 37.8 Å². The molecule has 1 N–H and O–H groups in total. The number of rotatable bonds is 8. The quantitative estimate of drug-likeness (QED) is 0.646. The number of likely N-dealkylation sites (tertiary alicyclic amines) is 1. The summed E-state index contributed by atoms with van der Waals surface area (Å²) in [6.45, 7) is 8.82. The van der Waals surface area contributed by atoms with Crippen LogP contribution in [-0.2, 0) is 14.8 Å². The molecule has 0 atom stereocenters. The molecule has 1 aliphatic heterocycles. The third-order valence-corrected chi connectivity index (χ3v) is 6.42. The molecule has 32 heavy (non-hydrogen) atoms. The van der Waals surface area contributed by atoms with Gasteiger partial charge in [0.15, 0.2) is 0 Å². The molecular weight excluding hydrogens is 428 g/mol. The smallest absolute Gasteiger partial charge is 0.241 e. The predicted molar refractivity (Wildman–Crippen MR) is 126 cm³/mol. The molecule has 0 saturated carbocycles. The Kier molecular flexibility index (Phi) is 7.66. The van der Waals surface area contributed by atoms with Crippen molar-refractivity contribution in [2.75, 3.05) is 23.6 Å². The van der Waals surface area contributed by atoms with Crippen LogP contribution in [0.25, 0.3) is 0 Å². The van der Waals surface area contributed by atoms with Crippen LogP contribution in [-0.4, -0.2) is 50.3 Å². The van der Waals surface area contributed by atoms with Crippen LogP contribution in [0.5, 0.6) is 11.5 Å². The van der Waals surface area contributed by atoms with Crippen molar-refractivity contribution in [3.05, 3.63) is 53.6 Å². The van der Waals surface area contributed by atoms with E-state index in [2.05, 4.69) is 4.72 Å². The molecule has 0 bridgehead atoms. The molecular formula is C24H32N2O5S. The molecule has 174 valence electrons. The van der Waals surface area contributed by atoms with E-state index >= 15 is 0 Å². The second kappa shape index (κ2) is 10.3. The number of amides is 1. The minimum atomic E-state index is -3.80. The van der Waals surface area contributed by atoms with E-state index in [-0.39, 0.29) is 12.2 Å². The molecule has 0 spiro atoms. The molecule has 1 heterocycles. The summed E-state index contributed by atoms with van der Waals surface area (Å²) in [5.74, 6) is 0.540. The fourth-order valence-corrected chi connectivity index (χ4v) is 4.66. The molecule has 0 aliphatic carbocycles. The van der Waals surface area contributed by atoms with E-state index in [1.165, 1.54) is 0 Å². The molecule has 1 aliphatic rings. The zero-order valence-electron chi connectivity index (χ0n) is 19.1. The Bertz CT molecular complexity index is 1030. The molecule has 1 saturated heterocycles. The number of anilines is 1. The summed E-state index contributed by atoms with van der Waals surface area (Å²) in [6, 6.07) is 12.7. The van der Waals surface area contributed by atoms with Gasteiger partial charge in [0.2, 0.25) is 15.9 Å². The van der Waals surface area contributed by atoms with Gasteiger partial charge in [-0.15, -0.1) is 0 Å². The van der Waals surface area contributed by atoms with Crippen molar-refractivity contribution < 1.29 is 22.7 Å². The number of benzene rings is 2. The monoisotopic (exact) mass is 460 g/mol. The molecule has 7 nitrogen and oxygen atoms in total. The lowest BCUT2D eigenvalue weighted by Crippen LogP contribution is -2.44. The van der Waals surface area contributed by atoms with E-state index in [4.69, 9.17) is 9.47 Å². The van der Waals surface area contributed by atoms with Crippen molar-refractivity contribution in [1.82, 2.24) is 4.90 Å². The summed E-state index contributed by atoms with van der Waals surface area (Å²) in [5.41, 5.74) is 2.61. The highest BCUT2D eigenvalue weighted by atomic mass is 32.2. The first-order valence-corrected chi connectivity index (χ1v) is 12.6. The standard InChI is InChI=1S/C24H32N2O5S/c1-17(2)30-21-9-7-20(8-10-21)25-32(28,29)16-24(27)26-13-11-22(12-14-26)31-23-15-18(3)5-6-19(23)4/h5-10,15,17,22,25H,11-14,16H2,1-4H3. The van der Waals surface area contributed by atoms with Gasteiger partial charge in [0.05, 0.1) is 6.10 Å². The van der Waals surface area contributed by atoms with Crippen LogP contribution < -0.4 is 14.2 Å². The number of hydrogen-bond acceptors (Lipinski definition) is 5. The summed E-state index contributed by atoms with van der Waals surface area (Å²) in [5, 5.41) is 0. The zero-order chi connectivity index (χ0) is 23.3. The lowest BCUT2D eigenvalue weighted by atomic mass is 10.1. The molecule has 0 unspecified atom stereocenters. The highest BCUT2D eigenvalue weighted by Crippen LogP contribution is 2.24. The second-order valence-electron chi connectivity index (χ2n) is 8.52. The number of carbonyl (C=O) groups is 1. The topological polar surface area (TPSA) is 84.9 Å². The SMILES string of the molecule is Cc1ccc(C)c(OC2CCN(C(=O)CS(=O)(=O)Nc3ccc(OC(C)C)cc3)CC2)c1. The van der Waals surface area contributed by atoms with Crippen molar-refractivity contribution in [2.24, 2.45) is 0 Å². The largest absolute Gasteiger partial charge is 0.491 e. The Hall–Kier alpha value is -2.74. The minimum absolute atomic E-state index is 0.0147. The van der Waals surface area contributed by atoms with Gasteiger partial charge in [0.25, 0.3) is 0 Å². The maximum absolute atomic E-state index is 12.6. The molecule has 2 aromatic carbocycles. The first kappa shape index (κ1) is 23.9. The first-order valence-electron chi connectivity index (χ1n) is 10.9. The molecule has 1 amide bonds. The molecule has 1 fully saturated rings. The number of nitrogens with one attached hydrogen (secondary N) is 1. The van der Waals surface area contributed by atoms with E-state index < -0.39 is 21.7 Å². The van der Waals surface area contributed by atoms with Crippen LogP contribution in [0.15, 0.2) is 42.5 Å². The fraction of sp³-hybridized carbons (Fsp3) is 0.458. The Balaban J connectivity index is 1.49. The number of nitrogens with zero attached hydrogens (tertiary/aromatic N) is 1. The van der Waals surface area contributed by atoms with Gasteiger partial charge in [0.1, 0.15) is 23.4 Å². The summed E-state index contributed by atoms with van der Waals surface area (Å²) >= 11 is 0. The Morgan fingerprint density at radius 2 is 1.75 bits per heavy atom. The number of carbonyl (C=O) groups excluding carboxylic acids is 1. The van der Waals surface area contributed by atoms with E-state index in [1.807, 2.05) is 45.9 Å². The summed E-state index contributed by atoms with van der Waals surface area (Å²) in [6.07, 6.45) is 1.39. The van der Waals surface area contributed by atoms with Gasteiger partial charge < -0.3 is 14.4 Å². The minimum Gasteiger partial charge on any atom is -0.491 e. The first-order chi connectivity index (χ1) is 15.1. The van der Waals surface area contributed by atoms with Crippen LogP contribution in [0.4, 0.5) is 5.69 Å².